The summed E-state index contributed by atoms with van der Waals surface area (Å²) in [6.07, 6.45) is -4.55. The summed E-state index contributed by atoms with van der Waals surface area (Å²) in [5, 5.41) is -0.0769. The van der Waals surface area contributed by atoms with Crippen LogP contribution in [0.15, 0.2) is 75.4 Å². The Kier molecular flexibility index (Phi) is 7.75. The zero-order valence-electron chi connectivity index (χ0n) is 18.9. The van der Waals surface area contributed by atoms with E-state index < -0.39 is 33.6 Å². The summed E-state index contributed by atoms with van der Waals surface area (Å²) in [6, 6.07) is 12.9. The maximum atomic E-state index is 13.5. The smallest absolute Gasteiger partial charge is 0.419 e. The van der Waals surface area contributed by atoms with Gasteiger partial charge < -0.3 is 9.64 Å². The summed E-state index contributed by atoms with van der Waals surface area (Å²) >= 11 is 7.51. The third-order valence-electron chi connectivity index (χ3n) is 5.42. The fraction of sp³-hybridized carbons (Fsp3) is 0.250. The predicted octanol–water partition coefficient (Wildman–Crippen LogP) is 6.53. The minimum Gasteiger partial charge on any atom is -0.488 e. The monoisotopic (exact) mass is 560 g/mol. The molecule has 0 bridgehead atoms. The number of rotatable bonds is 7. The third-order valence-corrected chi connectivity index (χ3v) is 8.28. The molecule has 4 rings (SSSR count). The second-order valence-corrected chi connectivity index (χ2v) is 11.5. The molecular weight excluding hydrogens is 540 g/mol. The lowest BCUT2D eigenvalue weighted by Gasteiger charge is -2.19. The van der Waals surface area contributed by atoms with Crippen LogP contribution in [0.5, 0.6) is 5.75 Å². The number of hydrogen-bond acceptors (Lipinski definition) is 5. The minimum atomic E-state index is -4.67. The average molecular weight is 561 g/mol. The summed E-state index contributed by atoms with van der Waals surface area (Å²) in [5.74, 6) is -0.822. The van der Waals surface area contributed by atoms with Crippen LogP contribution in [0, 0.1) is 5.82 Å². The highest BCUT2D eigenvalue weighted by atomic mass is 35.5. The third kappa shape index (κ3) is 6.44. The molecule has 0 amide bonds. The molecule has 12 heteroatoms. The Labute approximate surface area is 215 Å². The van der Waals surface area contributed by atoms with Crippen molar-refractivity contribution < 1.29 is 30.7 Å². The fourth-order valence-electron chi connectivity index (χ4n) is 3.70. The molecule has 0 aliphatic carbocycles. The zero-order valence-corrected chi connectivity index (χ0v) is 21.2. The van der Waals surface area contributed by atoms with Crippen molar-refractivity contribution in [2.75, 3.05) is 24.9 Å². The van der Waals surface area contributed by atoms with Crippen molar-refractivity contribution in [1.29, 1.82) is 0 Å². The Morgan fingerprint density at radius 3 is 2.36 bits per heavy atom. The molecule has 1 unspecified atom stereocenters. The van der Waals surface area contributed by atoms with E-state index in [1.807, 2.05) is 11.9 Å². The van der Waals surface area contributed by atoms with Crippen LogP contribution >= 0.6 is 23.4 Å². The van der Waals surface area contributed by atoms with Crippen molar-refractivity contribution in [3.8, 4) is 5.75 Å². The van der Waals surface area contributed by atoms with E-state index in [0.29, 0.717) is 24.4 Å². The quantitative estimate of drug-likeness (QED) is 0.333. The first-order valence-electron chi connectivity index (χ1n) is 10.7. The second kappa shape index (κ2) is 10.5. The molecule has 1 atom stereocenters. The molecule has 3 aromatic rings. The fourth-order valence-corrected chi connectivity index (χ4v) is 6.22. The van der Waals surface area contributed by atoms with E-state index in [-0.39, 0.29) is 21.4 Å². The maximum Gasteiger partial charge on any atom is 0.419 e. The highest BCUT2D eigenvalue weighted by molar-refractivity contribution is 7.99. The van der Waals surface area contributed by atoms with Gasteiger partial charge in [0.1, 0.15) is 22.6 Å². The lowest BCUT2D eigenvalue weighted by Crippen LogP contribution is -2.23. The number of likely N-dealkylation sites (N-methyl/N-ethyl adjacent to an activating group) is 1. The Morgan fingerprint density at radius 2 is 1.75 bits per heavy atom. The summed E-state index contributed by atoms with van der Waals surface area (Å²) in [4.78, 5) is 3.04. The first-order chi connectivity index (χ1) is 16.9. The number of ether oxygens (including phenoxy) is 1. The standard InChI is InChI=1S/C24H21ClF4N2O3S2/c1-31-11-10-17(14-31)34-22-12-16(4-8-20(22)24(27,28)29)30-36(32,33)23-9-7-19(13-21(23)25)35-18-5-2-15(26)3-6-18/h2-9,12-13,17,30H,10-11,14H2,1H3. The lowest BCUT2D eigenvalue weighted by molar-refractivity contribution is -0.139. The van der Waals surface area contributed by atoms with E-state index in [2.05, 4.69) is 4.72 Å². The van der Waals surface area contributed by atoms with Gasteiger partial charge in [-0.15, -0.1) is 0 Å². The molecule has 36 heavy (non-hydrogen) atoms. The van der Waals surface area contributed by atoms with Gasteiger partial charge in [0.15, 0.2) is 0 Å². The molecule has 1 aliphatic heterocycles. The average Bonchev–Trinajstić information content (AvgIpc) is 3.18. The number of sulfonamides is 1. The van der Waals surface area contributed by atoms with Gasteiger partial charge in [-0.1, -0.05) is 23.4 Å². The van der Waals surface area contributed by atoms with Gasteiger partial charge in [-0.3, -0.25) is 4.72 Å². The van der Waals surface area contributed by atoms with Gasteiger partial charge in [0.25, 0.3) is 10.0 Å². The van der Waals surface area contributed by atoms with Crippen molar-refractivity contribution in [1.82, 2.24) is 4.90 Å². The van der Waals surface area contributed by atoms with Crippen molar-refractivity contribution in [3.63, 3.8) is 0 Å². The molecule has 1 fully saturated rings. The zero-order chi connectivity index (χ0) is 26.1. The van der Waals surface area contributed by atoms with Gasteiger partial charge in [-0.2, -0.15) is 13.2 Å². The Balaban J connectivity index is 1.56. The van der Waals surface area contributed by atoms with E-state index in [1.54, 1.807) is 12.1 Å². The van der Waals surface area contributed by atoms with E-state index in [0.717, 1.165) is 23.1 Å². The second-order valence-electron chi connectivity index (χ2n) is 8.25. The minimum absolute atomic E-state index is 0.0769. The van der Waals surface area contributed by atoms with Gasteiger partial charge in [-0.25, -0.2) is 12.8 Å². The van der Waals surface area contributed by atoms with Gasteiger partial charge >= 0.3 is 6.18 Å². The number of benzene rings is 3. The Morgan fingerprint density at radius 1 is 1.06 bits per heavy atom. The van der Waals surface area contributed by atoms with Gasteiger partial charge in [0.2, 0.25) is 0 Å². The molecular formula is C24H21ClF4N2O3S2. The van der Waals surface area contributed by atoms with Crippen LogP contribution in [0.1, 0.15) is 12.0 Å². The molecule has 3 aromatic carbocycles. The summed E-state index contributed by atoms with van der Waals surface area (Å²) in [5.41, 5.74) is -1.08. The number of alkyl halides is 3. The Bertz CT molecular complexity index is 1350. The van der Waals surface area contributed by atoms with Crippen LogP contribution in [0.2, 0.25) is 5.02 Å². The van der Waals surface area contributed by atoms with Gasteiger partial charge in [-0.05, 0) is 68.1 Å². The highest BCUT2D eigenvalue weighted by Crippen LogP contribution is 2.39. The maximum absolute atomic E-state index is 13.5. The lowest BCUT2D eigenvalue weighted by atomic mass is 10.1. The summed E-state index contributed by atoms with van der Waals surface area (Å²) in [7, 11) is -2.39. The topological polar surface area (TPSA) is 58.6 Å². The predicted molar refractivity (Wildman–Crippen MR) is 131 cm³/mol. The molecule has 5 nitrogen and oxygen atoms in total. The molecule has 0 radical (unpaired) electrons. The van der Waals surface area contributed by atoms with Gasteiger partial charge in [0, 0.05) is 28.9 Å². The molecule has 1 heterocycles. The first-order valence-corrected chi connectivity index (χ1v) is 13.4. The van der Waals surface area contributed by atoms with Crippen molar-refractivity contribution in [2.24, 2.45) is 0 Å². The summed E-state index contributed by atoms with van der Waals surface area (Å²) in [6.45, 7) is 1.15. The highest BCUT2D eigenvalue weighted by Gasteiger charge is 2.36. The molecule has 0 aromatic heterocycles. The molecule has 1 N–H and O–H groups in total. The van der Waals surface area contributed by atoms with Crippen LogP contribution in [0.25, 0.3) is 0 Å². The SMILES string of the molecule is CN1CCC(Oc2cc(NS(=O)(=O)c3ccc(Sc4ccc(F)cc4)cc3Cl)ccc2C(F)(F)F)C1. The molecule has 0 saturated carbocycles. The number of nitrogens with one attached hydrogen (secondary N) is 1. The largest absolute Gasteiger partial charge is 0.488 e. The summed E-state index contributed by atoms with van der Waals surface area (Å²) < 4.78 is 87.6. The molecule has 0 spiro atoms. The number of nitrogens with zero attached hydrogens (tertiary/aromatic N) is 1. The van der Waals surface area contributed by atoms with Crippen molar-refractivity contribution in [3.05, 3.63) is 77.1 Å². The molecule has 1 saturated heterocycles. The van der Waals surface area contributed by atoms with Crippen LogP contribution < -0.4 is 9.46 Å². The van der Waals surface area contributed by atoms with E-state index in [9.17, 15) is 26.0 Å². The van der Waals surface area contributed by atoms with E-state index >= 15 is 0 Å². The Hall–Kier alpha value is -2.47. The number of halogens is 5. The van der Waals surface area contributed by atoms with Crippen LogP contribution in [0.4, 0.5) is 23.2 Å². The number of hydrogen-bond donors (Lipinski definition) is 1. The van der Waals surface area contributed by atoms with Crippen LogP contribution in [-0.4, -0.2) is 39.6 Å². The van der Waals surface area contributed by atoms with Crippen molar-refractivity contribution >= 4 is 39.1 Å². The number of anilines is 1. The van der Waals surface area contributed by atoms with Crippen LogP contribution in [0.3, 0.4) is 0 Å². The van der Waals surface area contributed by atoms with E-state index in [4.69, 9.17) is 16.3 Å². The van der Waals surface area contributed by atoms with Crippen molar-refractivity contribution in [2.45, 2.75) is 33.4 Å². The van der Waals surface area contributed by atoms with Crippen LogP contribution in [-0.2, 0) is 16.2 Å². The molecule has 192 valence electrons. The van der Waals surface area contributed by atoms with E-state index in [1.165, 1.54) is 42.1 Å². The first kappa shape index (κ1) is 26.6. The van der Waals surface area contributed by atoms with Gasteiger partial charge in [0.05, 0.1) is 16.3 Å². The number of likely N-dealkylation sites (tertiary alicyclic amines) is 1. The molecule has 1 aliphatic rings. The normalized spacial score (nSPS) is 16.8.